The summed E-state index contributed by atoms with van der Waals surface area (Å²) in [5, 5.41) is 12.1. The van der Waals surface area contributed by atoms with Crippen LogP contribution in [0.5, 0.6) is 5.75 Å². The van der Waals surface area contributed by atoms with Crippen LogP contribution in [0.15, 0.2) is 43.8 Å². The molecule has 2 aromatic heterocycles. The van der Waals surface area contributed by atoms with Crippen LogP contribution in [0.25, 0.3) is 22.2 Å². The second kappa shape index (κ2) is 4.91. The lowest BCUT2D eigenvalue weighted by molar-refractivity contribution is 0.473. The largest absolute Gasteiger partial charge is 0.508 e. The van der Waals surface area contributed by atoms with Gasteiger partial charge in [-0.15, -0.1) is 11.3 Å². The molecule has 106 valence electrons. The van der Waals surface area contributed by atoms with Crippen molar-refractivity contribution in [2.24, 2.45) is 16.5 Å². The standard InChI is InChI=1S/C13H10N4O3S/c14-12(15)17-13-16-9(5-21-13)8-3-6-1-2-7(18)4-10(6)20-11(8)19/h1-5,18H,(H4,14,15,16,17). The van der Waals surface area contributed by atoms with Gasteiger partial charge < -0.3 is 21.0 Å². The first-order valence-electron chi connectivity index (χ1n) is 5.85. The van der Waals surface area contributed by atoms with Crippen LogP contribution in [-0.2, 0) is 0 Å². The average molecular weight is 302 g/mol. The molecule has 0 saturated carbocycles. The van der Waals surface area contributed by atoms with Gasteiger partial charge in [-0.2, -0.15) is 4.99 Å². The Bertz CT molecular complexity index is 909. The van der Waals surface area contributed by atoms with Crippen LogP contribution >= 0.6 is 11.3 Å². The van der Waals surface area contributed by atoms with E-state index in [1.807, 2.05) is 0 Å². The molecule has 1 aromatic carbocycles. The molecule has 0 amide bonds. The van der Waals surface area contributed by atoms with Crippen molar-refractivity contribution in [3.05, 3.63) is 40.1 Å². The number of fused-ring (bicyclic) bond motifs is 1. The lowest BCUT2D eigenvalue weighted by Crippen LogP contribution is -2.21. The highest BCUT2D eigenvalue weighted by Gasteiger charge is 2.11. The van der Waals surface area contributed by atoms with E-state index in [2.05, 4.69) is 9.98 Å². The van der Waals surface area contributed by atoms with Crippen LogP contribution in [0.1, 0.15) is 0 Å². The van der Waals surface area contributed by atoms with E-state index in [1.165, 1.54) is 23.5 Å². The number of nitrogens with zero attached hydrogens (tertiary/aromatic N) is 2. The summed E-state index contributed by atoms with van der Waals surface area (Å²) in [5.41, 5.74) is 11.1. The topological polar surface area (TPSA) is 128 Å². The summed E-state index contributed by atoms with van der Waals surface area (Å²) >= 11 is 1.21. The van der Waals surface area contributed by atoms with Crippen LogP contribution in [-0.4, -0.2) is 16.1 Å². The fraction of sp³-hybridized carbons (Fsp3) is 0. The Labute approximate surface area is 122 Å². The van der Waals surface area contributed by atoms with Crippen molar-refractivity contribution in [2.75, 3.05) is 0 Å². The molecule has 0 spiro atoms. The number of hydrogen-bond donors (Lipinski definition) is 3. The molecule has 3 aromatic rings. The minimum atomic E-state index is -0.547. The van der Waals surface area contributed by atoms with Gasteiger partial charge in [0.1, 0.15) is 11.3 Å². The van der Waals surface area contributed by atoms with E-state index < -0.39 is 5.63 Å². The fourth-order valence-corrected chi connectivity index (χ4v) is 2.53. The van der Waals surface area contributed by atoms with Gasteiger partial charge in [0, 0.05) is 16.8 Å². The highest BCUT2D eigenvalue weighted by atomic mass is 32.1. The molecule has 0 fully saturated rings. The third-order valence-corrected chi connectivity index (χ3v) is 3.45. The number of thiazole rings is 1. The maximum Gasteiger partial charge on any atom is 0.345 e. The van der Waals surface area contributed by atoms with Crippen LogP contribution in [0, 0.1) is 0 Å². The van der Waals surface area contributed by atoms with Crippen LogP contribution in [0.2, 0.25) is 0 Å². The third kappa shape index (κ3) is 2.56. The normalized spacial score (nSPS) is 10.7. The third-order valence-electron chi connectivity index (χ3n) is 2.71. The van der Waals surface area contributed by atoms with Crippen molar-refractivity contribution >= 4 is 33.4 Å². The van der Waals surface area contributed by atoms with Crippen molar-refractivity contribution in [1.29, 1.82) is 0 Å². The monoisotopic (exact) mass is 302 g/mol. The van der Waals surface area contributed by atoms with E-state index in [9.17, 15) is 9.90 Å². The Morgan fingerprint density at radius 2 is 2.14 bits per heavy atom. The van der Waals surface area contributed by atoms with E-state index in [0.29, 0.717) is 27.4 Å². The molecule has 21 heavy (non-hydrogen) atoms. The zero-order valence-electron chi connectivity index (χ0n) is 10.6. The van der Waals surface area contributed by atoms with Gasteiger partial charge in [0.25, 0.3) is 0 Å². The van der Waals surface area contributed by atoms with E-state index in [-0.39, 0.29) is 11.7 Å². The van der Waals surface area contributed by atoms with Crippen molar-refractivity contribution in [2.45, 2.75) is 0 Å². The van der Waals surface area contributed by atoms with Crippen molar-refractivity contribution < 1.29 is 9.52 Å². The number of hydrogen-bond acceptors (Lipinski definition) is 6. The highest BCUT2D eigenvalue weighted by molar-refractivity contribution is 7.13. The molecule has 3 rings (SSSR count). The minimum Gasteiger partial charge on any atom is -0.508 e. The maximum absolute atomic E-state index is 12.0. The number of phenolic OH excluding ortho intramolecular Hbond substituents is 1. The Kier molecular flexibility index (Phi) is 3.07. The summed E-state index contributed by atoms with van der Waals surface area (Å²) in [4.78, 5) is 20.0. The lowest BCUT2D eigenvalue weighted by Gasteiger charge is -2.00. The first kappa shape index (κ1) is 13.1. The van der Waals surface area contributed by atoms with E-state index in [0.717, 1.165) is 0 Å². The molecule has 0 aliphatic rings. The van der Waals surface area contributed by atoms with Gasteiger partial charge in [-0.05, 0) is 18.2 Å². The zero-order chi connectivity index (χ0) is 15.0. The molecule has 0 bridgehead atoms. The number of phenols is 1. The molecule has 0 radical (unpaired) electrons. The number of aromatic hydroxyl groups is 1. The predicted molar refractivity (Wildman–Crippen MR) is 80.7 cm³/mol. The first-order valence-corrected chi connectivity index (χ1v) is 6.73. The smallest absolute Gasteiger partial charge is 0.345 e. The lowest BCUT2D eigenvalue weighted by atomic mass is 10.1. The molecular formula is C13H10N4O3S. The van der Waals surface area contributed by atoms with E-state index in [4.69, 9.17) is 15.9 Å². The van der Waals surface area contributed by atoms with E-state index >= 15 is 0 Å². The summed E-state index contributed by atoms with van der Waals surface area (Å²) in [6.07, 6.45) is 0. The predicted octanol–water partition coefficient (Wildman–Crippen LogP) is 1.53. The fourth-order valence-electron chi connectivity index (χ4n) is 1.83. The summed E-state index contributed by atoms with van der Waals surface area (Å²) in [5.74, 6) is -0.0703. The minimum absolute atomic E-state index is 0.0297. The quantitative estimate of drug-likeness (QED) is 0.374. The highest BCUT2D eigenvalue weighted by Crippen LogP contribution is 2.27. The first-order chi connectivity index (χ1) is 10.0. The maximum atomic E-state index is 12.0. The Morgan fingerprint density at radius 3 is 2.90 bits per heavy atom. The summed E-state index contributed by atoms with van der Waals surface area (Å²) < 4.78 is 5.18. The number of aromatic nitrogens is 1. The van der Waals surface area contributed by atoms with Gasteiger partial charge in [0.15, 0.2) is 5.96 Å². The van der Waals surface area contributed by atoms with Gasteiger partial charge in [-0.1, -0.05) is 0 Å². The molecule has 0 atom stereocenters. The molecule has 0 aliphatic carbocycles. The molecule has 0 aliphatic heterocycles. The van der Waals surface area contributed by atoms with Gasteiger partial charge in [0.05, 0.1) is 11.3 Å². The van der Waals surface area contributed by atoms with Gasteiger partial charge >= 0.3 is 5.63 Å². The molecule has 2 heterocycles. The van der Waals surface area contributed by atoms with Gasteiger partial charge in [0.2, 0.25) is 5.13 Å². The Hall–Kier alpha value is -2.87. The number of benzene rings is 1. The summed E-state index contributed by atoms with van der Waals surface area (Å²) in [7, 11) is 0. The second-order valence-corrected chi connectivity index (χ2v) is 5.06. The number of nitrogens with two attached hydrogens (primary N) is 2. The SMILES string of the molecule is NC(N)=Nc1nc(-c2cc3ccc(O)cc3oc2=O)cs1. The zero-order valence-corrected chi connectivity index (χ0v) is 11.4. The van der Waals surface area contributed by atoms with Crippen molar-refractivity contribution in [3.63, 3.8) is 0 Å². The summed E-state index contributed by atoms with van der Waals surface area (Å²) in [6.45, 7) is 0. The van der Waals surface area contributed by atoms with E-state index in [1.54, 1.807) is 17.5 Å². The molecule has 0 saturated heterocycles. The number of aliphatic imine (C=N–C) groups is 1. The van der Waals surface area contributed by atoms with Crippen molar-refractivity contribution in [3.8, 4) is 17.0 Å². The molecule has 0 unspecified atom stereocenters. The Balaban J connectivity index is 2.14. The molecule has 8 heteroatoms. The van der Waals surface area contributed by atoms with Gasteiger partial charge in [-0.25, -0.2) is 9.78 Å². The molecular weight excluding hydrogens is 292 g/mol. The number of guanidine groups is 1. The Morgan fingerprint density at radius 1 is 1.33 bits per heavy atom. The van der Waals surface area contributed by atoms with Gasteiger partial charge in [-0.3, -0.25) is 0 Å². The van der Waals surface area contributed by atoms with Crippen LogP contribution < -0.4 is 17.1 Å². The number of rotatable bonds is 2. The van der Waals surface area contributed by atoms with Crippen LogP contribution in [0.3, 0.4) is 0 Å². The molecule has 5 N–H and O–H groups in total. The van der Waals surface area contributed by atoms with Crippen molar-refractivity contribution in [1.82, 2.24) is 4.98 Å². The molecule has 7 nitrogen and oxygen atoms in total. The average Bonchev–Trinajstić information content (AvgIpc) is 2.85. The summed E-state index contributed by atoms with van der Waals surface area (Å²) in [6, 6.07) is 6.19. The second-order valence-electron chi connectivity index (χ2n) is 4.22. The van der Waals surface area contributed by atoms with Crippen LogP contribution in [0.4, 0.5) is 5.13 Å².